The summed E-state index contributed by atoms with van der Waals surface area (Å²) >= 11 is 5.13. The number of nitrogens with one attached hydrogen (secondary N) is 1. The van der Waals surface area contributed by atoms with Gasteiger partial charge in [-0.2, -0.15) is 0 Å². The van der Waals surface area contributed by atoms with E-state index < -0.39 is 0 Å². The summed E-state index contributed by atoms with van der Waals surface area (Å²) in [6, 6.07) is 10.2. The number of rotatable bonds is 5. The van der Waals surface area contributed by atoms with Crippen LogP contribution in [0.4, 0.5) is 10.1 Å². The molecule has 0 aliphatic rings. The van der Waals surface area contributed by atoms with Crippen LogP contribution in [0.2, 0.25) is 0 Å². The van der Waals surface area contributed by atoms with E-state index in [9.17, 15) is 4.39 Å². The summed E-state index contributed by atoms with van der Waals surface area (Å²) in [5.74, 6) is 0.680. The summed E-state index contributed by atoms with van der Waals surface area (Å²) in [6.45, 7) is 0.805. The fourth-order valence-electron chi connectivity index (χ4n) is 1.39. The standard InChI is InChI=1S/C13H12BrFN2S/c14-12-2-1-7-17-13(12)18-9-8-16-11-5-3-10(15)4-6-11/h1-7,16H,8-9H2. The van der Waals surface area contributed by atoms with Crippen LogP contribution in [0.25, 0.3) is 0 Å². The Labute approximate surface area is 118 Å². The molecule has 0 bridgehead atoms. The second-order valence-corrected chi connectivity index (χ2v) is 5.51. The largest absolute Gasteiger partial charge is 0.384 e. The van der Waals surface area contributed by atoms with Crippen molar-refractivity contribution >= 4 is 33.4 Å². The smallest absolute Gasteiger partial charge is 0.123 e. The molecular weight excluding hydrogens is 315 g/mol. The highest BCUT2D eigenvalue weighted by Crippen LogP contribution is 2.24. The highest BCUT2D eigenvalue weighted by atomic mass is 79.9. The van der Waals surface area contributed by atoms with Gasteiger partial charge in [-0.1, -0.05) is 0 Å². The lowest BCUT2D eigenvalue weighted by atomic mass is 10.3. The van der Waals surface area contributed by atoms with Crippen LogP contribution in [-0.2, 0) is 0 Å². The van der Waals surface area contributed by atoms with Crippen molar-refractivity contribution in [3.05, 3.63) is 52.9 Å². The van der Waals surface area contributed by atoms with Crippen molar-refractivity contribution in [2.75, 3.05) is 17.6 Å². The van der Waals surface area contributed by atoms with Crippen LogP contribution >= 0.6 is 27.7 Å². The number of hydrogen-bond donors (Lipinski definition) is 1. The van der Waals surface area contributed by atoms with Crippen molar-refractivity contribution in [2.45, 2.75) is 5.03 Å². The molecule has 18 heavy (non-hydrogen) atoms. The van der Waals surface area contributed by atoms with Crippen molar-refractivity contribution in [2.24, 2.45) is 0 Å². The Kier molecular flexibility index (Phi) is 5.01. The van der Waals surface area contributed by atoms with Crippen molar-refractivity contribution < 1.29 is 4.39 Å². The van der Waals surface area contributed by atoms with Gasteiger partial charge in [-0.05, 0) is 52.3 Å². The second-order valence-electron chi connectivity index (χ2n) is 3.57. The third kappa shape index (κ3) is 3.99. The van der Waals surface area contributed by atoms with Gasteiger partial charge in [0.1, 0.15) is 10.8 Å². The normalized spacial score (nSPS) is 10.3. The zero-order valence-corrected chi connectivity index (χ0v) is 12.0. The van der Waals surface area contributed by atoms with Crippen molar-refractivity contribution in [3.63, 3.8) is 0 Å². The van der Waals surface area contributed by atoms with Crippen LogP contribution in [0, 0.1) is 5.82 Å². The molecule has 0 spiro atoms. The number of pyridine rings is 1. The molecule has 0 radical (unpaired) electrons. The van der Waals surface area contributed by atoms with E-state index in [0.29, 0.717) is 0 Å². The van der Waals surface area contributed by atoms with Gasteiger partial charge in [0.05, 0.1) is 0 Å². The van der Waals surface area contributed by atoms with E-state index in [4.69, 9.17) is 0 Å². The van der Waals surface area contributed by atoms with Crippen LogP contribution in [0.15, 0.2) is 52.1 Å². The van der Waals surface area contributed by atoms with Gasteiger partial charge < -0.3 is 5.32 Å². The van der Waals surface area contributed by atoms with Crippen molar-refractivity contribution in [1.29, 1.82) is 0 Å². The molecule has 0 saturated heterocycles. The maximum atomic E-state index is 12.7. The predicted molar refractivity (Wildman–Crippen MR) is 77.6 cm³/mol. The quantitative estimate of drug-likeness (QED) is 0.658. The topological polar surface area (TPSA) is 24.9 Å². The number of halogens is 2. The lowest BCUT2D eigenvalue weighted by Gasteiger charge is -2.06. The number of thioether (sulfide) groups is 1. The van der Waals surface area contributed by atoms with E-state index in [-0.39, 0.29) is 5.82 Å². The molecule has 1 aromatic heterocycles. The minimum Gasteiger partial charge on any atom is -0.384 e. The molecule has 0 saturated carbocycles. The zero-order valence-electron chi connectivity index (χ0n) is 9.57. The summed E-state index contributed by atoms with van der Waals surface area (Å²) in [7, 11) is 0. The average molecular weight is 327 g/mol. The fourth-order valence-corrected chi connectivity index (χ4v) is 2.73. The number of benzene rings is 1. The first kappa shape index (κ1) is 13.4. The Bertz CT molecular complexity index is 505. The average Bonchev–Trinajstić information content (AvgIpc) is 2.39. The first-order valence-corrected chi connectivity index (χ1v) is 7.26. The summed E-state index contributed by atoms with van der Waals surface area (Å²) < 4.78 is 13.7. The molecule has 94 valence electrons. The van der Waals surface area contributed by atoms with Gasteiger partial charge in [0, 0.05) is 28.7 Å². The Morgan fingerprint density at radius 1 is 1.22 bits per heavy atom. The molecule has 1 aromatic carbocycles. The molecule has 1 N–H and O–H groups in total. The minimum absolute atomic E-state index is 0.215. The number of aromatic nitrogens is 1. The highest BCUT2D eigenvalue weighted by Gasteiger charge is 2.00. The molecule has 0 atom stereocenters. The lowest BCUT2D eigenvalue weighted by Crippen LogP contribution is -2.04. The molecule has 0 fully saturated rings. The number of nitrogens with zero attached hydrogens (tertiary/aromatic N) is 1. The highest BCUT2D eigenvalue weighted by molar-refractivity contribution is 9.10. The van der Waals surface area contributed by atoms with Crippen LogP contribution in [0.1, 0.15) is 0 Å². The van der Waals surface area contributed by atoms with Gasteiger partial charge in [-0.15, -0.1) is 11.8 Å². The molecule has 5 heteroatoms. The third-order valence-corrected chi connectivity index (χ3v) is 4.15. The molecule has 0 amide bonds. The summed E-state index contributed by atoms with van der Waals surface area (Å²) in [6.07, 6.45) is 1.78. The summed E-state index contributed by atoms with van der Waals surface area (Å²) in [5, 5.41) is 4.22. The number of anilines is 1. The summed E-state index contributed by atoms with van der Waals surface area (Å²) in [5.41, 5.74) is 0.928. The van der Waals surface area contributed by atoms with Crippen molar-refractivity contribution in [1.82, 2.24) is 4.98 Å². The van der Waals surface area contributed by atoms with Crippen LogP contribution in [0.3, 0.4) is 0 Å². The lowest BCUT2D eigenvalue weighted by molar-refractivity contribution is 0.628. The van der Waals surface area contributed by atoms with E-state index in [1.807, 2.05) is 12.1 Å². The molecule has 1 heterocycles. The third-order valence-electron chi connectivity index (χ3n) is 2.24. The molecule has 2 aromatic rings. The maximum Gasteiger partial charge on any atom is 0.123 e. The van der Waals surface area contributed by atoms with Gasteiger partial charge in [0.2, 0.25) is 0 Å². The van der Waals surface area contributed by atoms with Gasteiger partial charge >= 0.3 is 0 Å². The predicted octanol–water partition coefficient (Wildman–Crippen LogP) is 4.19. The van der Waals surface area contributed by atoms with E-state index in [2.05, 4.69) is 26.2 Å². The molecule has 2 nitrogen and oxygen atoms in total. The second kappa shape index (κ2) is 6.75. The van der Waals surface area contributed by atoms with Gasteiger partial charge in [0.25, 0.3) is 0 Å². The van der Waals surface area contributed by atoms with E-state index in [0.717, 1.165) is 27.5 Å². The van der Waals surface area contributed by atoms with Crippen LogP contribution < -0.4 is 5.32 Å². The monoisotopic (exact) mass is 326 g/mol. The summed E-state index contributed by atoms with van der Waals surface area (Å²) in [4.78, 5) is 4.27. The first-order valence-electron chi connectivity index (χ1n) is 5.48. The SMILES string of the molecule is Fc1ccc(NCCSc2ncccc2Br)cc1. The molecule has 0 unspecified atom stereocenters. The molecule has 0 aliphatic heterocycles. The van der Waals surface area contributed by atoms with Crippen molar-refractivity contribution in [3.8, 4) is 0 Å². The first-order chi connectivity index (χ1) is 8.75. The van der Waals surface area contributed by atoms with Crippen LogP contribution in [0.5, 0.6) is 0 Å². The molecular formula is C13H12BrFN2S. The Hall–Kier alpha value is -1.07. The van der Waals surface area contributed by atoms with E-state index >= 15 is 0 Å². The van der Waals surface area contributed by atoms with Gasteiger partial charge in [-0.3, -0.25) is 0 Å². The fraction of sp³-hybridized carbons (Fsp3) is 0.154. The van der Waals surface area contributed by atoms with E-state index in [1.54, 1.807) is 30.1 Å². The van der Waals surface area contributed by atoms with Gasteiger partial charge in [-0.25, -0.2) is 9.37 Å². The van der Waals surface area contributed by atoms with Gasteiger partial charge in [0.15, 0.2) is 0 Å². The molecule has 0 aliphatic carbocycles. The zero-order chi connectivity index (χ0) is 12.8. The Morgan fingerprint density at radius 3 is 2.72 bits per heavy atom. The number of hydrogen-bond acceptors (Lipinski definition) is 3. The Morgan fingerprint density at radius 2 is 2.00 bits per heavy atom. The molecule has 2 rings (SSSR count). The van der Waals surface area contributed by atoms with E-state index in [1.165, 1.54) is 12.1 Å². The maximum absolute atomic E-state index is 12.7. The Balaban J connectivity index is 1.76. The van der Waals surface area contributed by atoms with Crippen LogP contribution in [-0.4, -0.2) is 17.3 Å². The minimum atomic E-state index is -0.215.